The molecule has 0 aromatic heterocycles. The van der Waals surface area contributed by atoms with Gasteiger partial charge in [0.25, 0.3) is 8.32 Å². The molecule has 0 bridgehead atoms. The van der Waals surface area contributed by atoms with E-state index in [2.05, 4.69) is 0 Å². The third-order valence-electron chi connectivity index (χ3n) is 5.19. The lowest BCUT2D eigenvalue weighted by atomic mass is 10.1. The van der Waals surface area contributed by atoms with Crippen molar-refractivity contribution in [3.05, 3.63) is 41.0 Å². The molecule has 0 atom stereocenters. The average Bonchev–Trinajstić information content (AvgIpc) is 2.55. The second-order valence-corrected chi connectivity index (χ2v) is 13.0. The van der Waals surface area contributed by atoms with Crippen molar-refractivity contribution in [2.45, 2.75) is 58.2 Å². The maximum absolute atomic E-state index is 15.0. The Kier molecular flexibility index (Phi) is 5.90. The smallest absolute Gasteiger partial charge is 0.259 e. The molecule has 0 radical (unpaired) electrons. The van der Waals surface area contributed by atoms with E-state index in [9.17, 15) is 26.3 Å². The Morgan fingerprint density at radius 1 is 0.630 bits per heavy atom. The van der Waals surface area contributed by atoms with Crippen LogP contribution in [0.15, 0.2) is 6.07 Å². The fraction of sp³-hybridized carbons (Fsp3) is 0.474. The van der Waals surface area contributed by atoms with E-state index in [-0.39, 0.29) is 22.7 Å². The zero-order valence-electron chi connectivity index (χ0n) is 16.0. The third-order valence-corrected chi connectivity index (χ3v) is 11.2. The summed E-state index contributed by atoms with van der Waals surface area (Å²) in [5.41, 5.74) is -0.320. The second kappa shape index (κ2) is 7.37. The van der Waals surface area contributed by atoms with E-state index in [0.717, 1.165) is 0 Å². The van der Waals surface area contributed by atoms with Gasteiger partial charge in [-0.05, 0) is 16.6 Å². The van der Waals surface area contributed by atoms with Gasteiger partial charge in [-0.3, -0.25) is 0 Å². The largest absolute Gasteiger partial charge is 0.539 e. The lowest BCUT2D eigenvalue weighted by Gasteiger charge is -2.42. The first-order valence-corrected chi connectivity index (χ1v) is 10.8. The molecule has 0 saturated carbocycles. The van der Waals surface area contributed by atoms with Crippen molar-refractivity contribution >= 4 is 19.1 Å². The van der Waals surface area contributed by atoms with Gasteiger partial charge in [0.05, 0.1) is 10.8 Å². The summed E-state index contributed by atoms with van der Waals surface area (Å²) in [5.74, 6) is -11.4. The van der Waals surface area contributed by atoms with Gasteiger partial charge in [0, 0.05) is 6.07 Å². The molecule has 0 aliphatic carbocycles. The van der Waals surface area contributed by atoms with E-state index < -0.39 is 59.7 Å². The average molecular weight is 408 g/mol. The zero-order chi connectivity index (χ0) is 20.8. The molecule has 0 N–H and O–H groups in total. The molecule has 0 amide bonds. The van der Waals surface area contributed by atoms with Gasteiger partial charge in [-0.25, -0.2) is 22.0 Å². The normalized spacial score (nSPS) is 12.7. The van der Waals surface area contributed by atoms with E-state index in [0.29, 0.717) is 0 Å². The summed E-state index contributed by atoms with van der Waals surface area (Å²) < 4.78 is 91.3. The predicted molar refractivity (Wildman–Crippen MR) is 95.4 cm³/mol. The quantitative estimate of drug-likeness (QED) is 0.288. The van der Waals surface area contributed by atoms with Gasteiger partial charge in [0.15, 0.2) is 29.0 Å². The summed E-state index contributed by atoms with van der Waals surface area (Å²) in [6, 6.07) is 0.0971. The van der Waals surface area contributed by atoms with Gasteiger partial charge in [-0.1, -0.05) is 41.5 Å². The highest BCUT2D eigenvalue weighted by Gasteiger charge is 2.48. The number of fused-ring (bicyclic) bond motifs is 1. The number of hydrogen-bond donors (Lipinski definition) is 0. The van der Waals surface area contributed by atoms with Gasteiger partial charge < -0.3 is 4.43 Å². The third kappa shape index (κ3) is 3.21. The maximum Gasteiger partial charge on any atom is 0.259 e. The number of halogens is 6. The lowest BCUT2D eigenvalue weighted by Crippen LogP contribution is -2.51. The molecule has 2 aromatic carbocycles. The molecule has 1 nitrogen and oxygen atoms in total. The molecule has 2 aromatic rings. The Hall–Kier alpha value is -1.70. The van der Waals surface area contributed by atoms with Crippen molar-refractivity contribution in [2.75, 3.05) is 0 Å². The van der Waals surface area contributed by atoms with E-state index in [1.807, 2.05) is 41.5 Å². The molecule has 0 heterocycles. The molecule has 0 unspecified atom stereocenters. The van der Waals surface area contributed by atoms with Gasteiger partial charge >= 0.3 is 0 Å². The highest BCUT2D eigenvalue weighted by atomic mass is 28.4. The number of rotatable bonds is 5. The second-order valence-electron chi connectivity index (χ2n) is 7.59. The minimum atomic E-state index is -2.92. The summed E-state index contributed by atoms with van der Waals surface area (Å²) in [6.45, 7) is 11.1. The van der Waals surface area contributed by atoms with Gasteiger partial charge in [-0.15, -0.1) is 0 Å². The van der Waals surface area contributed by atoms with Crippen molar-refractivity contribution in [3.63, 3.8) is 0 Å². The van der Waals surface area contributed by atoms with Crippen LogP contribution in [0.5, 0.6) is 5.75 Å². The van der Waals surface area contributed by atoms with Crippen molar-refractivity contribution in [2.24, 2.45) is 0 Å². The van der Waals surface area contributed by atoms with Crippen LogP contribution in [0.2, 0.25) is 16.6 Å². The van der Waals surface area contributed by atoms with E-state index in [1.54, 1.807) is 0 Å². The number of benzene rings is 2. The summed E-state index contributed by atoms with van der Waals surface area (Å²) >= 11 is 0. The number of hydrogen-bond acceptors (Lipinski definition) is 1. The standard InChI is InChI=1S/C19H22F6OSi/c1-8(2)27(9(3)4,10(5)6)26-19-17(24)13-11(20)7-12(21)15(22)14(13)16(23)18(19)25/h7-10H,1-6H3. The SMILES string of the molecule is CC(C)[Si](Oc1c(F)c(F)c2c(F)c(F)cc(F)c2c1F)(C(C)C)C(C)C. The molecule has 0 spiro atoms. The summed E-state index contributed by atoms with van der Waals surface area (Å²) in [4.78, 5) is 0. The molecule has 2 rings (SSSR count). The van der Waals surface area contributed by atoms with E-state index in [1.165, 1.54) is 0 Å². The Bertz CT molecular complexity index is 857. The van der Waals surface area contributed by atoms with Gasteiger partial charge in [-0.2, -0.15) is 4.39 Å². The monoisotopic (exact) mass is 408 g/mol. The molecule has 8 heteroatoms. The van der Waals surface area contributed by atoms with E-state index >= 15 is 0 Å². The summed E-state index contributed by atoms with van der Waals surface area (Å²) in [5, 5.41) is -2.57. The topological polar surface area (TPSA) is 9.23 Å². The summed E-state index contributed by atoms with van der Waals surface area (Å²) in [7, 11) is -2.92. The van der Waals surface area contributed by atoms with Crippen molar-refractivity contribution in [3.8, 4) is 5.75 Å². The Labute approximate surface area is 155 Å². The van der Waals surface area contributed by atoms with Crippen molar-refractivity contribution in [1.82, 2.24) is 0 Å². The minimum Gasteiger partial charge on any atom is -0.539 e. The van der Waals surface area contributed by atoms with Crippen LogP contribution in [-0.4, -0.2) is 8.32 Å². The minimum absolute atomic E-state index is 0.0971. The first kappa shape index (κ1) is 21.6. The van der Waals surface area contributed by atoms with Crippen LogP contribution in [0.25, 0.3) is 10.8 Å². The van der Waals surface area contributed by atoms with Crippen molar-refractivity contribution < 1.29 is 30.8 Å². The van der Waals surface area contributed by atoms with Gasteiger partial charge in [0.2, 0.25) is 5.82 Å². The Morgan fingerprint density at radius 2 is 1.11 bits per heavy atom. The van der Waals surface area contributed by atoms with Crippen LogP contribution in [0, 0.1) is 34.9 Å². The van der Waals surface area contributed by atoms with Crippen LogP contribution in [0.1, 0.15) is 41.5 Å². The molecule has 0 saturated heterocycles. The highest BCUT2D eigenvalue weighted by Crippen LogP contribution is 2.45. The Balaban J connectivity index is 2.88. The predicted octanol–water partition coefficient (Wildman–Crippen LogP) is 7.23. The van der Waals surface area contributed by atoms with Gasteiger partial charge in [0.1, 0.15) is 5.82 Å². The molecule has 0 fully saturated rings. The van der Waals surface area contributed by atoms with Crippen LogP contribution >= 0.6 is 0 Å². The Morgan fingerprint density at radius 3 is 1.56 bits per heavy atom. The van der Waals surface area contributed by atoms with Crippen LogP contribution < -0.4 is 4.43 Å². The first-order valence-electron chi connectivity index (χ1n) is 8.70. The van der Waals surface area contributed by atoms with E-state index in [4.69, 9.17) is 4.43 Å². The molecular formula is C19H22F6OSi. The maximum atomic E-state index is 15.0. The molecule has 27 heavy (non-hydrogen) atoms. The molecular weight excluding hydrogens is 386 g/mol. The zero-order valence-corrected chi connectivity index (χ0v) is 17.0. The van der Waals surface area contributed by atoms with Crippen LogP contribution in [0.3, 0.4) is 0 Å². The molecule has 0 aliphatic rings. The highest BCUT2D eigenvalue weighted by molar-refractivity contribution is 6.78. The molecule has 150 valence electrons. The lowest BCUT2D eigenvalue weighted by molar-refractivity contribution is 0.397. The van der Waals surface area contributed by atoms with Crippen molar-refractivity contribution in [1.29, 1.82) is 0 Å². The van der Waals surface area contributed by atoms with Crippen LogP contribution in [0.4, 0.5) is 26.3 Å². The summed E-state index contributed by atoms with van der Waals surface area (Å²) in [6.07, 6.45) is 0. The first-order chi connectivity index (χ1) is 12.4. The fourth-order valence-corrected chi connectivity index (χ4v) is 9.30. The van der Waals surface area contributed by atoms with Crippen LogP contribution in [-0.2, 0) is 0 Å². The fourth-order valence-electron chi connectivity index (χ4n) is 4.06. The molecule has 0 aliphatic heterocycles.